The van der Waals surface area contributed by atoms with E-state index in [-0.39, 0.29) is 6.04 Å². The second-order valence-corrected chi connectivity index (χ2v) is 4.04. The predicted molar refractivity (Wildman–Crippen MR) is 64.2 cm³/mol. The molecule has 84 valence electrons. The quantitative estimate of drug-likeness (QED) is 0.778. The number of ether oxygens (including phenoxy) is 1. The highest BCUT2D eigenvalue weighted by atomic mass is 16.5. The van der Waals surface area contributed by atoms with E-state index in [4.69, 9.17) is 10.5 Å². The highest BCUT2D eigenvalue weighted by molar-refractivity contribution is 5.27. The van der Waals surface area contributed by atoms with Gasteiger partial charge in [0, 0.05) is 6.04 Å². The highest BCUT2D eigenvalue weighted by Gasteiger charge is 1.97. The summed E-state index contributed by atoms with van der Waals surface area (Å²) in [6.07, 6.45) is 3.65. The largest absolute Gasteiger partial charge is 0.492 e. The minimum Gasteiger partial charge on any atom is -0.492 e. The maximum absolute atomic E-state index is 5.61. The third kappa shape index (κ3) is 4.84. The summed E-state index contributed by atoms with van der Waals surface area (Å²) in [5, 5.41) is 0. The van der Waals surface area contributed by atoms with Gasteiger partial charge in [0.05, 0.1) is 0 Å². The Hall–Kier alpha value is -1.02. The summed E-state index contributed by atoms with van der Waals surface area (Å²) in [7, 11) is 0. The number of aryl methyl sites for hydroxylation is 1. The van der Waals surface area contributed by atoms with Gasteiger partial charge in [0.1, 0.15) is 12.4 Å². The van der Waals surface area contributed by atoms with Crippen LogP contribution in [0.15, 0.2) is 24.3 Å². The average molecular weight is 207 g/mol. The lowest BCUT2D eigenvalue weighted by molar-refractivity contribution is 0.296. The lowest BCUT2D eigenvalue weighted by Crippen LogP contribution is -2.23. The van der Waals surface area contributed by atoms with Crippen molar-refractivity contribution in [3.05, 3.63) is 29.8 Å². The van der Waals surface area contributed by atoms with E-state index in [1.165, 1.54) is 18.4 Å². The molecule has 0 bridgehead atoms. The third-order valence-corrected chi connectivity index (χ3v) is 2.26. The van der Waals surface area contributed by atoms with E-state index in [0.29, 0.717) is 6.61 Å². The Balaban J connectivity index is 2.41. The van der Waals surface area contributed by atoms with Gasteiger partial charge < -0.3 is 10.5 Å². The van der Waals surface area contributed by atoms with Crippen LogP contribution >= 0.6 is 0 Å². The molecule has 0 saturated heterocycles. The lowest BCUT2D eigenvalue weighted by Gasteiger charge is -2.09. The fourth-order valence-corrected chi connectivity index (χ4v) is 1.36. The zero-order valence-electron chi connectivity index (χ0n) is 9.70. The molecule has 0 fully saturated rings. The van der Waals surface area contributed by atoms with Crippen LogP contribution in [0.3, 0.4) is 0 Å². The van der Waals surface area contributed by atoms with Crippen LogP contribution in [0.2, 0.25) is 0 Å². The minimum absolute atomic E-state index is 0.0877. The molecule has 15 heavy (non-hydrogen) atoms. The molecule has 1 unspecified atom stereocenters. The summed E-state index contributed by atoms with van der Waals surface area (Å²) in [6.45, 7) is 4.73. The van der Waals surface area contributed by atoms with E-state index >= 15 is 0 Å². The second-order valence-electron chi connectivity index (χ2n) is 4.04. The molecule has 0 spiro atoms. The topological polar surface area (TPSA) is 35.2 Å². The molecule has 2 heteroatoms. The zero-order valence-corrected chi connectivity index (χ0v) is 9.70. The Bertz CT molecular complexity index is 266. The number of benzene rings is 1. The molecule has 0 radical (unpaired) electrons. The van der Waals surface area contributed by atoms with Crippen molar-refractivity contribution in [2.24, 2.45) is 5.73 Å². The van der Waals surface area contributed by atoms with Crippen LogP contribution in [-0.2, 0) is 6.42 Å². The fourth-order valence-electron chi connectivity index (χ4n) is 1.36. The molecule has 0 aromatic heterocycles. The SMILES string of the molecule is CCCCc1ccc(OCC(C)N)cc1. The van der Waals surface area contributed by atoms with Crippen LogP contribution < -0.4 is 10.5 Å². The summed E-state index contributed by atoms with van der Waals surface area (Å²) < 4.78 is 5.50. The first kappa shape index (κ1) is 12.1. The summed E-state index contributed by atoms with van der Waals surface area (Å²) in [4.78, 5) is 0. The molecule has 1 aromatic carbocycles. The first-order valence-electron chi connectivity index (χ1n) is 5.69. The molecule has 0 heterocycles. The van der Waals surface area contributed by atoms with Crippen LogP contribution in [0, 0.1) is 0 Å². The number of hydrogen-bond acceptors (Lipinski definition) is 2. The maximum atomic E-state index is 5.61. The van der Waals surface area contributed by atoms with E-state index in [1.54, 1.807) is 0 Å². The monoisotopic (exact) mass is 207 g/mol. The molecule has 1 atom stereocenters. The number of unbranched alkanes of at least 4 members (excludes halogenated alkanes) is 1. The number of nitrogens with two attached hydrogens (primary N) is 1. The second kappa shape index (κ2) is 6.46. The van der Waals surface area contributed by atoms with Gasteiger partial charge >= 0.3 is 0 Å². The van der Waals surface area contributed by atoms with Crippen molar-refractivity contribution in [3.8, 4) is 5.75 Å². The summed E-state index contributed by atoms with van der Waals surface area (Å²) in [6, 6.07) is 8.39. The number of hydrogen-bond donors (Lipinski definition) is 1. The third-order valence-electron chi connectivity index (χ3n) is 2.26. The van der Waals surface area contributed by atoms with Gasteiger partial charge in [0.25, 0.3) is 0 Å². The molecule has 1 aromatic rings. The normalized spacial score (nSPS) is 12.5. The van der Waals surface area contributed by atoms with Crippen LogP contribution in [0.4, 0.5) is 0 Å². The molecule has 1 rings (SSSR count). The summed E-state index contributed by atoms with van der Waals surface area (Å²) in [5.74, 6) is 0.910. The molecule has 2 N–H and O–H groups in total. The van der Waals surface area contributed by atoms with Crippen molar-refractivity contribution in [3.63, 3.8) is 0 Å². The van der Waals surface area contributed by atoms with Crippen molar-refractivity contribution in [1.29, 1.82) is 0 Å². The molecule has 0 aliphatic carbocycles. The molecule has 0 aliphatic rings. The summed E-state index contributed by atoms with van der Waals surface area (Å²) in [5.41, 5.74) is 6.99. The van der Waals surface area contributed by atoms with Gasteiger partial charge in [-0.05, 0) is 37.5 Å². The van der Waals surface area contributed by atoms with Crippen molar-refractivity contribution in [2.75, 3.05) is 6.61 Å². The molecule has 0 amide bonds. The molecular weight excluding hydrogens is 186 g/mol. The first-order valence-corrected chi connectivity index (χ1v) is 5.69. The molecule has 2 nitrogen and oxygen atoms in total. The summed E-state index contributed by atoms with van der Waals surface area (Å²) >= 11 is 0. The Labute approximate surface area is 92.4 Å². The van der Waals surface area contributed by atoms with Crippen LogP contribution in [0.1, 0.15) is 32.3 Å². The molecular formula is C13H21NO. The van der Waals surface area contributed by atoms with Gasteiger partial charge in [-0.25, -0.2) is 0 Å². The highest BCUT2D eigenvalue weighted by Crippen LogP contribution is 2.13. The smallest absolute Gasteiger partial charge is 0.119 e. The Morgan fingerprint density at radius 3 is 2.47 bits per heavy atom. The molecule has 0 aliphatic heterocycles. The number of rotatable bonds is 6. The Morgan fingerprint density at radius 1 is 1.27 bits per heavy atom. The van der Waals surface area contributed by atoms with Crippen molar-refractivity contribution in [1.82, 2.24) is 0 Å². The van der Waals surface area contributed by atoms with E-state index < -0.39 is 0 Å². The Kier molecular flexibility index (Phi) is 5.19. The fraction of sp³-hybridized carbons (Fsp3) is 0.538. The minimum atomic E-state index is 0.0877. The van der Waals surface area contributed by atoms with E-state index in [0.717, 1.165) is 12.2 Å². The van der Waals surface area contributed by atoms with Gasteiger partial charge in [-0.15, -0.1) is 0 Å². The van der Waals surface area contributed by atoms with Crippen molar-refractivity contribution in [2.45, 2.75) is 39.2 Å². The van der Waals surface area contributed by atoms with Gasteiger partial charge in [-0.1, -0.05) is 25.5 Å². The Morgan fingerprint density at radius 2 is 1.93 bits per heavy atom. The van der Waals surface area contributed by atoms with Crippen molar-refractivity contribution < 1.29 is 4.74 Å². The van der Waals surface area contributed by atoms with E-state index in [2.05, 4.69) is 19.1 Å². The standard InChI is InChI=1S/C13H21NO/c1-3-4-5-12-6-8-13(9-7-12)15-10-11(2)14/h6-9,11H,3-5,10,14H2,1-2H3. The van der Waals surface area contributed by atoms with Crippen LogP contribution in [0.5, 0.6) is 5.75 Å². The van der Waals surface area contributed by atoms with Crippen molar-refractivity contribution >= 4 is 0 Å². The van der Waals surface area contributed by atoms with Crippen LogP contribution in [0.25, 0.3) is 0 Å². The van der Waals surface area contributed by atoms with E-state index in [9.17, 15) is 0 Å². The first-order chi connectivity index (χ1) is 7.22. The molecule has 0 saturated carbocycles. The zero-order chi connectivity index (χ0) is 11.1. The van der Waals surface area contributed by atoms with Gasteiger partial charge in [-0.3, -0.25) is 0 Å². The van der Waals surface area contributed by atoms with Gasteiger partial charge in [-0.2, -0.15) is 0 Å². The van der Waals surface area contributed by atoms with Gasteiger partial charge in [0.2, 0.25) is 0 Å². The van der Waals surface area contributed by atoms with E-state index in [1.807, 2.05) is 19.1 Å². The predicted octanol–water partition coefficient (Wildman–Crippen LogP) is 2.76. The van der Waals surface area contributed by atoms with Gasteiger partial charge in [0.15, 0.2) is 0 Å². The van der Waals surface area contributed by atoms with Crippen LogP contribution in [-0.4, -0.2) is 12.6 Å². The lowest BCUT2D eigenvalue weighted by atomic mass is 10.1. The average Bonchev–Trinajstić information content (AvgIpc) is 2.25. The maximum Gasteiger partial charge on any atom is 0.119 e.